The Bertz CT molecular complexity index is 830. The molecule has 0 aromatic heterocycles. The summed E-state index contributed by atoms with van der Waals surface area (Å²) in [5, 5.41) is 37.2. The molecule has 0 bridgehead atoms. The van der Waals surface area contributed by atoms with Gasteiger partial charge in [0.15, 0.2) is 0 Å². The summed E-state index contributed by atoms with van der Waals surface area (Å²) in [4.78, 5) is 44.5. The smallest absolute Gasteiger partial charge is 0.336 e. The predicted molar refractivity (Wildman–Crippen MR) is 88.3 cm³/mol. The van der Waals surface area contributed by atoms with Crippen LogP contribution in [-0.2, 0) is 0 Å². The molecule has 2 aromatic rings. The summed E-state index contributed by atoms with van der Waals surface area (Å²) in [6.45, 7) is 0. The summed E-state index contributed by atoms with van der Waals surface area (Å²) in [5.41, 5.74) is -1.46. The maximum Gasteiger partial charge on any atom is 0.336 e. The van der Waals surface area contributed by atoms with Crippen molar-refractivity contribution >= 4 is 43.1 Å². The lowest BCUT2D eigenvalue weighted by Crippen LogP contribution is -2.15. The number of rotatable bonds is 6. The van der Waals surface area contributed by atoms with Gasteiger partial charge in [0.05, 0.1) is 22.3 Å². The van der Waals surface area contributed by atoms with Crippen LogP contribution in [0, 0.1) is 0 Å². The highest BCUT2D eigenvalue weighted by Crippen LogP contribution is 2.18. The third-order valence-electron chi connectivity index (χ3n) is 3.25. The Balaban J connectivity index is 2.43. The molecule has 0 spiro atoms. The molecule has 0 fully saturated rings. The zero-order valence-corrected chi connectivity index (χ0v) is 13.4. The first-order valence-electron chi connectivity index (χ1n) is 6.69. The molecule has 25 heavy (non-hydrogen) atoms. The van der Waals surface area contributed by atoms with Crippen molar-refractivity contribution in [1.29, 1.82) is 0 Å². The normalized spacial score (nSPS) is 10.2. The van der Waals surface area contributed by atoms with Crippen LogP contribution < -0.4 is 10.6 Å². The molecule has 9 heteroatoms. The Kier molecular flexibility index (Phi) is 5.14. The average molecular weight is 362 g/mol. The van der Waals surface area contributed by atoms with E-state index >= 15 is 0 Å². The standard InChI is InChI=1S/C16H11O8P/c17-13(18)9-3-1-7(5-11(9)15(21)22)25-8-2-4-10(14(19)20)12(6-8)16(23)24/h1-6,25H,(H,17,18)(H,19,20)(H,21,22)(H,23,24). The highest BCUT2D eigenvalue weighted by molar-refractivity contribution is 7.55. The third-order valence-corrected chi connectivity index (χ3v) is 4.45. The topological polar surface area (TPSA) is 149 Å². The van der Waals surface area contributed by atoms with Crippen molar-refractivity contribution in [3.8, 4) is 0 Å². The van der Waals surface area contributed by atoms with Crippen LogP contribution in [0.25, 0.3) is 0 Å². The summed E-state index contributed by atoms with van der Waals surface area (Å²) in [6.07, 6.45) is 0. The number of hydrogen-bond donors (Lipinski definition) is 4. The Morgan fingerprint density at radius 1 is 0.560 bits per heavy atom. The molecular weight excluding hydrogens is 351 g/mol. The zero-order chi connectivity index (χ0) is 18.7. The first-order valence-corrected chi connectivity index (χ1v) is 7.69. The SMILES string of the molecule is O=C(O)c1ccc(Pc2ccc(C(=O)O)c(C(=O)O)c2)cc1C(=O)O. The Morgan fingerprint density at radius 3 is 1.16 bits per heavy atom. The average Bonchev–Trinajstić information content (AvgIpc) is 2.54. The van der Waals surface area contributed by atoms with Crippen LogP contribution in [0.5, 0.6) is 0 Å². The molecular formula is C16H11O8P. The molecule has 0 heterocycles. The van der Waals surface area contributed by atoms with Gasteiger partial charge in [-0.25, -0.2) is 19.2 Å². The van der Waals surface area contributed by atoms with E-state index < -0.39 is 23.9 Å². The lowest BCUT2D eigenvalue weighted by molar-refractivity contribution is 0.0651. The molecule has 0 unspecified atom stereocenters. The number of carbonyl (C=O) groups is 4. The van der Waals surface area contributed by atoms with E-state index in [0.717, 1.165) is 12.1 Å². The molecule has 0 radical (unpaired) electrons. The number of hydrogen-bond acceptors (Lipinski definition) is 4. The minimum atomic E-state index is -1.39. The maximum atomic E-state index is 11.2. The second-order valence-electron chi connectivity index (χ2n) is 4.87. The largest absolute Gasteiger partial charge is 0.478 e. The van der Waals surface area contributed by atoms with Gasteiger partial charge in [-0.1, -0.05) is 20.7 Å². The maximum absolute atomic E-state index is 11.2. The van der Waals surface area contributed by atoms with E-state index in [1.54, 1.807) is 0 Å². The number of carboxylic acids is 4. The molecule has 128 valence electrons. The Labute approximate surface area is 142 Å². The lowest BCUT2D eigenvalue weighted by atomic mass is 10.1. The summed E-state index contributed by atoms with van der Waals surface area (Å²) in [6, 6.07) is 7.60. The molecule has 4 N–H and O–H groups in total. The fourth-order valence-corrected chi connectivity index (χ4v) is 3.24. The zero-order valence-electron chi connectivity index (χ0n) is 12.4. The Morgan fingerprint density at radius 2 is 0.880 bits per heavy atom. The molecule has 8 nitrogen and oxygen atoms in total. The van der Waals surface area contributed by atoms with Crippen molar-refractivity contribution in [2.75, 3.05) is 0 Å². The quantitative estimate of drug-likeness (QED) is 0.558. The number of aromatic carboxylic acids is 4. The van der Waals surface area contributed by atoms with E-state index in [-0.39, 0.29) is 30.8 Å². The molecule has 0 saturated heterocycles. The molecule has 0 amide bonds. The van der Waals surface area contributed by atoms with Crippen molar-refractivity contribution < 1.29 is 39.6 Å². The van der Waals surface area contributed by atoms with Crippen molar-refractivity contribution in [3.63, 3.8) is 0 Å². The molecule has 0 aliphatic rings. The van der Waals surface area contributed by atoms with Crippen molar-refractivity contribution in [3.05, 3.63) is 58.7 Å². The summed E-state index contributed by atoms with van der Waals surface area (Å²) in [7, 11) is -0.178. The van der Waals surface area contributed by atoms with Crippen LogP contribution in [0.3, 0.4) is 0 Å². The first kappa shape index (κ1) is 18.1. The van der Waals surface area contributed by atoms with Crippen LogP contribution >= 0.6 is 8.58 Å². The number of benzene rings is 2. The van der Waals surface area contributed by atoms with Crippen molar-refractivity contribution in [2.24, 2.45) is 0 Å². The van der Waals surface area contributed by atoms with Crippen LogP contribution in [-0.4, -0.2) is 44.3 Å². The molecule has 0 saturated carbocycles. The van der Waals surface area contributed by atoms with Crippen molar-refractivity contribution in [1.82, 2.24) is 0 Å². The lowest BCUT2D eigenvalue weighted by Gasteiger charge is -2.08. The summed E-state index contributed by atoms with van der Waals surface area (Å²) >= 11 is 0. The van der Waals surface area contributed by atoms with Gasteiger partial charge in [0.1, 0.15) is 0 Å². The summed E-state index contributed by atoms with van der Waals surface area (Å²) < 4.78 is 0. The molecule has 0 aliphatic carbocycles. The summed E-state index contributed by atoms with van der Waals surface area (Å²) in [5.74, 6) is -5.52. The van der Waals surface area contributed by atoms with Crippen LogP contribution in [0.15, 0.2) is 36.4 Å². The fraction of sp³-hybridized carbons (Fsp3) is 0. The monoisotopic (exact) mass is 362 g/mol. The van der Waals surface area contributed by atoms with Gasteiger partial charge in [0.25, 0.3) is 0 Å². The van der Waals surface area contributed by atoms with Crippen molar-refractivity contribution in [2.45, 2.75) is 0 Å². The van der Waals surface area contributed by atoms with Gasteiger partial charge in [-0.15, -0.1) is 0 Å². The van der Waals surface area contributed by atoms with E-state index in [2.05, 4.69) is 0 Å². The van der Waals surface area contributed by atoms with Gasteiger partial charge >= 0.3 is 23.9 Å². The molecule has 2 rings (SSSR count). The van der Waals surface area contributed by atoms with E-state index in [1.807, 2.05) is 0 Å². The van der Waals surface area contributed by atoms with E-state index in [1.165, 1.54) is 24.3 Å². The van der Waals surface area contributed by atoms with E-state index in [0.29, 0.717) is 10.6 Å². The van der Waals surface area contributed by atoms with Crippen LogP contribution in [0.4, 0.5) is 0 Å². The highest BCUT2D eigenvalue weighted by atomic mass is 31.1. The minimum Gasteiger partial charge on any atom is -0.478 e. The van der Waals surface area contributed by atoms with Gasteiger partial charge in [0.2, 0.25) is 0 Å². The van der Waals surface area contributed by atoms with E-state index in [4.69, 9.17) is 20.4 Å². The van der Waals surface area contributed by atoms with Gasteiger partial charge in [-0.05, 0) is 34.9 Å². The molecule has 2 aromatic carbocycles. The van der Waals surface area contributed by atoms with E-state index in [9.17, 15) is 19.2 Å². The van der Waals surface area contributed by atoms with Gasteiger partial charge in [-0.2, -0.15) is 0 Å². The van der Waals surface area contributed by atoms with Crippen LogP contribution in [0.2, 0.25) is 0 Å². The molecule has 0 atom stereocenters. The predicted octanol–water partition coefficient (Wildman–Crippen LogP) is 1.11. The fourth-order valence-electron chi connectivity index (χ4n) is 2.14. The Hall–Kier alpha value is -3.25. The first-order chi connectivity index (χ1) is 11.7. The number of carboxylic acid groups (broad SMARTS) is 4. The second kappa shape index (κ2) is 7.11. The molecule has 0 aliphatic heterocycles. The van der Waals surface area contributed by atoms with Crippen LogP contribution in [0.1, 0.15) is 41.4 Å². The highest BCUT2D eigenvalue weighted by Gasteiger charge is 2.18. The van der Waals surface area contributed by atoms with Gasteiger partial charge < -0.3 is 20.4 Å². The van der Waals surface area contributed by atoms with Gasteiger partial charge in [-0.3, -0.25) is 0 Å². The van der Waals surface area contributed by atoms with Gasteiger partial charge in [0, 0.05) is 0 Å². The minimum absolute atomic E-state index is 0.178. The third kappa shape index (κ3) is 3.99. The second-order valence-corrected chi connectivity index (χ2v) is 6.27.